The number of rotatable bonds is 6. The van der Waals surface area contributed by atoms with Gasteiger partial charge in [0.2, 0.25) is 0 Å². The Morgan fingerprint density at radius 1 is 1.35 bits per heavy atom. The monoisotopic (exact) mass is 332 g/mol. The number of aromatic nitrogens is 1. The number of ether oxygens (including phenoxy) is 1. The van der Waals surface area contributed by atoms with Crippen LogP contribution in [0.4, 0.5) is 0 Å². The number of nitrogens with one attached hydrogen (secondary N) is 1. The second kappa shape index (κ2) is 7.43. The highest BCUT2D eigenvalue weighted by atomic mass is 32.1. The Balaban J connectivity index is 1.67. The lowest BCUT2D eigenvalue weighted by Gasteiger charge is -2.27. The van der Waals surface area contributed by atoms with E-state index in [2.05, 4.69) is 24.4 Å². The summed E-state index contributed by atoms with van der Waals surface area (Å²) in [5, 5.41) is 3.67. The van der Waals surface area contributed by atoms with Crippen LogP contribution in [0, 0.1) is 6.92 Å². The fraction of sp³-hybridized carbons (Fsp3) is 0.500. The van der Waals surface area contributed by atoms with Crippen molar-refractivity contribution in [3.05, 3.63) is 55.6 Å². The van der Waals surface area contributed by atoms with Crippen LogP contribution in [-0.2, 0) is 30.7 Å². The number of aryl methyl sites for hydroxylation is 1. The van der Waals surface area contributed by atoms with E-state index >= 15 is 0 Å². The number of hydrogen-bond donors (Lipinski definition) is 1. The van der Waals surface area contributed by atoms with E-state index in [4.69, 9.17) is 4.74 Å². The van der Waals surface area contributed by atoms with E-state index < -0.39 is 0 Å². The molecular weight excluding hydrogens is 308 g/mol. The molecule has 0 saturated heterocycles. The summed E-state index contributed by atoms with van der Waals surface area (Å²) in [6, 6.07) is 8.56. The number of nitrogens with zero attached hydrogens (tertiary/aromatic N) is 1. The SMILES string of the molecule is COCCn1c2c(ccc1=O)C[C@@H](NCc1ccc(C)s1)CC2. The molecule has 1 aliphatic carbocycles. The summed E-state index contributed by atoms with van der Waals surface area (Å²) >= 11 is 1.85. The first-order chi connectivity index (χ1) is 11.2. The van der Waals surface area contributed by atoms with Crippen molar-refractivity contribution in [1.29, 1.82) is 0 Å². The normalized spacial score (nSPS) is 17.2. The first-order valence-electron chi connectivity index (χ1n) is 8.16. The Bertz CT molecular complexity index is 720. The Hall–Kier alpha value is -1.43. The summed E-state index contributed by atoms with van der Waals surface area (Å²) in [5.41, 5.74) is 2.58. The highest BCUT2D eigenvalue weighted by molar-refractivity contribution is 7.11. The highest BCUT2D eigenvalue weighted by Crippen LogP contribution is 2.21. The Labute approximate surface area is 141 Å². The molecule has 0 aliphatic heterocycles. The molecule has 0 amide bonds. The maximum atomic E-state index is 12.1. The largest absolute Gasteiger partial charge is 0.383 e. The van der Waals surface area contributed by atoms with Crippen LogP contribution in [0.3, 0.4) is 0 Å². The summed E-state index contributed by atoms with van der Waals surface area (Å²) in [7, 11) is 1.67. The molecule has 1 atom stereocenters. The standard InChI is InChI=1S/C18H24N2O2S/c1-13-3-6-16(23-13)12-19-15-5-7-17-14(11-15)4-8-18(21)20(17)9-10-22-2/h3-4,6,8,15,19H,5,7,9-12H2,1-2H3/t15-/m0/s1. The van der Waals surface area contributed by atoms with Crippen molar-refractivity contribution in [3.8, 4) is 0 Å². The smallest absolute Gasteiger partial charge is 0.250 e. The lowest BCUT2D eigenvalue weighted by molar-refractivity contribution is 0.184. The minimum Gasteiger partial charge on any atom is -0.383 e. The molecule has 0 radical (unpaired) electrons. The van der Waals surface area contributed by atoms with Crippen LogP contribution >= 0.6 is 11.3 Å². The average molecular weight is 332 g/mol. The first kappa shape index (κ1) is 16.4. The predicted octanol–water partition coefficient (Wildman–Crippen LogP) is 2.51. The number of methoxy groups -OCH3 is 1. The van der Waals surface area contributed by atoms with Gasteiger partial charge in [-0.05, 0) is 43.9 Å². The molecular formula is C18H24N2O2S. The molecule has 1 N–H and O–H groups in total. The zero-order chi connectivity index (χ0) is 16.2. The zero-order valence-corrected chi connectivity index (χ0v) is 14.6. The van der Waals surface area contributed by atoms with Crippen LogP contribution in [0.2, 0.25) is 0 Å². The first-order valence-corrected chi connectivity index (χ1v) is 8.98. The van der Waals surface area contributed by atoms with Gasteiger partial charge in [-0.3, -0.25) is 4.79 Å². The van der Waals surface area contributed by atoms with Crippen molar-refractivity contribution in [2.24, 2.45) is 0 Å². The van der Waals surface area contributed by atoms with E-state index in [0.717, 1.165) is 25.8 Å². The second-order valence-electron chi connectivity index (χ2n) is 6.12. The van der Waals surface area contributed by atoms with Gasteiger partial charge in [0.25, 0.3) is 5.56 Å². The van der Waals surface area contributed by atoms with Crippen LogP contribution in [-0.4, -0.2) is 24.3 Å². The van der Waals surface area contributed by atoms with Crippen molar-refractivity contribution in [3.63, 3.8) is 0 Å². The summed E-state index contributed by atoms with van der Waals surface area (Å²) in [5.74, 6) is 0. The van der Waals surface area contributed by atoms with Gasteiger partial charge in [-0.2, -0.15) is 0 Å². The Morgan fingerprint density at radius 2 is 2.22 bits per heavy atom. The molecule has 5 heteroatoms. The topological polar surface area (TPSA) is 43.3 Å². The fourth-order valence-electron chi connectivity index (χ4n) is 3.25. The highest BCUT2D eigenvalue weighted by Gasteiger charge is 2.21. The third-order valence-corrected chi connectivity index (χ3v) is 5.47. The van der Waals surface area contributed by atoms with Crippen molar-refractivity contribution in [2.45, 2.75) is 45.3 Å². The quantitative estimate of drug-likeness (QED) is 0.884. The van der Waals surface area contributed by atoms with Crippen LogP contribution in [0.25, 0.3) is 0 Å². The molecule has 4 nitrogen and oxygen atoms in total. The van der Waals surface area contributed by atoms with Crippen LogP contribution in [0.1, 0.15) is 27.4 Å². The predicted molar refractivity (Wildman–Crippen MR) is 94.3 cm³/mol. The molecule has 2 aromatic rings. The summed E-state index contributed by atoms with van der Waals surface area (Å²) in [6.07, 6.45) is 3.02. The van der Waals surface area contributed by atoms with Gasteiger partial charge in [-0.25, -0.2) is 0 Å². The molecule has 1 aliphatic rings. The third-order valence-electron chi connectivity index (χ3n) is 4.47. The molecule has 0 aromatic carbocycles. The van der Waals surface area contributed by atoms with Gasteiger partial charge in [-0.1, -0.05) is 6.07 Å². The van der Waals surface area contributed by atoms with E-state index in [1.54, 1.807) is 13.2 Å². The number of fused-ring (bicyclic) bond motifs is 1. The van der Waals surface area contributed by atoms with Gasteiger partial charge in [0.15, 0.2) is 0 Å². The minimum absolute atomic E-state index is 0.0845. The molecule has 0 bridgehead atoms. The molecule has 0 saturated carbocycles. The van der Waals surface area contributed by atoms with Gasteiger partial charge < -0.3 is 14.6 Å². The number of hydrogen-bond acceptors (Lipinski definition) is 4. The Morgan fingerprint density at radius 3 is 2.96 bits per heavy atom. The molecule has 2 aromatic heterocycles. The molecule has 2 heterocycles. The van der Waals surface area contributed by atoms with Gasteiger partial charge in [0.05, 0.1) is 6.61 Å². The van der Waals surface area contributed by atoms with Crippen LogP contribution in [0.5, 0.6) is 0 Å². The maximum Gasteiger partial charge on any atom is 0.250 e. The maximum absolute atomic E-state index is 12.1. The molecule has 0 unspecified atom stereocenters. The van der Waals surface area contributed by atoms with E-state index in [-0.39, 0.29) is 5.56 Å². The number of pyridine rings is 1. The molecule has 23 heavy (non-hydrogen) atoms. The van der Waals surface area contributed by atoms with Gasteiger partial charge in [-0.15, -0.1) is 11.3 Å². The lowest BCUT2D eigenvalue weighted by Crippen LogP contribution is -2.37. The number of thiophene rings is 1. The van der Waals surface area contributed by atoms with Crippen molar-refractivity contribution < 1.29 is 4.74 Å². The molecule has 124 valence electrons. The van der Waals surface area contributed by atoms with Crippen molar-refractivity contribution >= 4 is 11.3 Å². The average Bonchev–Trinajstić information content (AvgIpc) is 2.97. The molecule has 3 rings (SSSR count). The molecule has 0 spiro atoms. The van der Waals surface area contributed by atoms with E-state index in [1.165, 1.54) is 21.0 Å². The van der Waals surface area contributed by atoms with Gasteiger partial charge >= 0.3 is 0 Å². The van der Waals surface area contributed by atoms with E-state index in [0.29, 0.717) is 19.2 Å². The third kappa shape index (κ3) is 3.91. The van der Waals surface area contributed by atoms with Crippen LogP contribution in [0.15, 0.2) is 29.1 Å². The van der Waals surface area contributed by atoms with Gasteiger partial charge in [0, 0.05) is 47.8 Å². The zero-order valence-electron chi connectivity index (χ0n) is 13.8. The lowest BCUT2D eigenvalue weighted by atomic mass is 9.91. The summed E-state index contributed by atoms with van der Waals surface area (Å²) < 4.78 is 7.02. The second-order valence-corrected chi connectivity index (χ2v) is 7.49. The van der Waals surface area contributed by atoms with Crippen molar-refractivity contribution in [2.75, 3.05) is 13.7 Å². The summed E-state index contributed by atoms with van der Waals surface area (Å²) in [4.78, 5) is 14.8. The molecule has 0 fully saturated rings. The Kier molecular flexibility index (Phi) is 5.30. The van der Waals surface area contributed by atoms with E-state index in [1.807, 2.05) is 22.0 Å². The minimum atomic E-state index is 0.0845. The fourth-order valence-corrected chi connectivity index (χ4v) is 4.09. The van der Waals surface area contributed by atoms with Crippen molar-refractivity contribution in [1.82, 2.24) is 9.88 Å². The van der Waals surface area contributed by atoms with E-state index in [9.17, 15) is 4.79 Å². The van der Waals surface area contributed by atoms with Gasteiger partial charge in [0.1, 0.15) is 0 Å². The van der Waals surface area contributed by atoms with Crippen LogP contribution < -0.4 is 10.9 Å². The summed E-state index contributed by atoms with van der Waals surface area (Å²) in [6.45, 7) is 4.30.